The first kappa shape index (κ1) is 13.8. The minimum absolute atomic E-state index is 0.387. The van der Waals surface area contributed by atoms with Gasteiger partial charge < -0.3 is 4.74 Å². The van der Waals surface area contributed by atoms with Gasteiger partial charge in [-0.3, -0.25) is 4.40 Å². The summed E-state index contributed by atoms with van der Waals surface area (Å²) in [5.74, 6) is 0.290. The third-order valence-electron chi connectivity index (χ3n) is 3.25. The summed E-state index contributed by atoms with van der Waals surface area (Å²) >= 11 is 3.51. The maximum Gasteiger partial charge on any atom is 0.339 e. The number of nitrogens with zero attached hydrogens (tertiary/aromatic N) is 3. The van der Waals surface area contributed by atoms with Gasteiger partial charge in [-0.1, -0.05) is 28.1 Å². The number of esters is 1. The fraction of sp³-hybridized carbons (Fsp3) is 0.133. The molecule has 0 radical (unpaired) electrons. The SMILES string of the molecule is COC(=O)c1ccc2nnc(-c3ccc(C)c(Br)c3)n2c1. The number of carbonyl (C=O) groups excluding carboxylic acids is 1. The highest BCUT2D eigenvalue weighted by atomic mass is 79.9. The highest BCUT2D eigenvalue weighted by Gasteiger charge is 2.12. The van der Waals surface area contributed by atoms with Crippen LogP contribution in [0.3, 0.4) is 0 Å². The molecule has 0 amide bonds. The summed E-state index contributed by atoms with van der Waals surface area (Å²) in [6.45, 7) is 2.02. The average molecular weight is 346 g/mol. The van der Waals surface area contributed by atoms with Crippen molar-refractivity contribution in [1.82, 2.24) is 14.6 Å². The fourth-order valence-corrected chi connectivity index (χ4v) is 2.44. The summed E-state index contributed by atoms with van der Waals surface area (Å²) in [7, 11) is 1.36. The molecule has 0 aliphatic heterocycles. The molecule has 0 aliphatic carbocycles. The van der Waals surface area contributed by atoms with Gasteiger partial charge in [-0.05, 0) is 30.7 Å². The molecule has 2 heterocycles. The van der Waals surface area contributed by atoms with Gasteiger partial charge in [0.2, 0.25) is 0 Å². The van der Waals surface area contributed by atoms with Crippen molar-refractivity contribution < 1.29 is 9.53 Å². The number of carbonyl (C=O) groups is 1. The fourth-order valence-electron chi connectivity index (χ4n) is 2.06. The van der Waals surface area contributed by atoms with E-state index in [4.69, 9.17) is 4.74 Å². The summed E-state index contributed by atoms with van der Waals surface area (Å²) in [6.07, 6.45) is 1.68. The molecule has 0 bridgehead atoms. The molecule has 1 aromatic carbocycles. The van der Waals surface area contributed by atoms with Gasteiger partial charge in [0.05, 0.1) is 12.7 Å². The normalized spacial score (nSPS) is 10.8. The van der Waals surface area contributed by atoms with E-state index in [1.807, 2.05) is 25.1 Å². The van der Waals surface area contributed by atoms with E-state index in [1.54, 1.807) is 22.7 Å². The van der Waals surface area contributed by atoms with Crippen LogP contribution in [0.25, 0.3) is 17.0 Å². The average Bonchev–Trinajstić information content (AvgIpc) is 2.92. The van der Waals surface area contributed by atoms with E-state index in [-0.39, 0.29) is 5.97 Å². The van der Waals surface area contributed by atoms with Crippen LogP contribution < -0.4 is 0 Å². The van der Waals surface area contributed by atoms with Gasteiger partial charge in [0.15, 0.2) is 11.5 Å². The van der Waals surface area contributed by atoms with Gasteiger partial charge in [-0.25, -0.2) is 4.79 Å². The maximum atomic E-state index is 11.6. The predicted octanol–water partition coefficient (Wildman–Crippen LogP) is 3.25. The molecule has 2 aromatic heterocycles. The maximum absolute atomic E-state index is 11.6. The second-order valence-electron chi connectivity index (χ2n) is 4.63. The van der Waals surface area contributed by atoms with Crippen LogP contribution >= 0.6 is 15.9 Å². The summed E-state index contributed by atoms with van der Waals surface area (Å²) in [5, 5.41) is 8.32. The molecule has 0 N–H and O–H groups in total. The van der Waals surface area contributed by atoms with E-state index in [1.165, 1.54) is 7.11 Å². The smallest absolute Gasteiger partial charge is 0.339 e. The molecular formula is C15H12BrN3O2. The Bertz CT molecular complexity index is 842. The standard InChI is InChI=1S/C15H12BrN3O2/c1-9-3-4-10(7-12(9)16)14-18-17-13-6-5-11(8-19(13)14)15(20)21-2/h3-8H,1-2H3. The summed E-state index contributed by atoms with van der Waals surface area (Å²) in [4.78, 5) is 11.6. The molecule has 5 nitrogen and oxygen atoms in total. The first-order valence-corrected chi connectivity index (χ1v) is 7.09. The van der Waals surface area contributed by atoms with Crippen LogP contribution in [0.5, 0.6) is 0 Å². The number of methoxy groups -OCH3 is 1. The zero-order valence-electron chi connectivity index (χ0n) is 11.5. The molecule has 6 heteroatoms. The van der Waals surface area contributed by atoms with Gasteiger partial charge in [-0.2, -0.15) is 0 Å². The van der Waals surface area contributed by atoms with Gasteiger partial charge in [0.1, 0.15) is 0 Å². The van der Waals surface area contributed by atoms with Crippen LogP contribution in [0.4, 0.5) is 0 Å². The molecule has 3 aromatic rings. The van der Waals surface area contributed by atoms with E-state index in [2.05, 4.69) is 26.1 Å². The molecule has 0 atom stereocenters. The molecule has 0 aliphatic rings. The minimum atomic E-state index is -0.387. The Morgan fingerprint density at radius 2 is 2.05 bits per heavy atom. The number of halogens is 1. The summed E-state index contributed by atoms with van der Waals surface area (Å²) in [5.41, 5.74) is 3.19. The van der Waals surface area contributed by atoms with Crippen molar-refractivity contribution in [3.8, 4) is 11.4 Å². The predicted molar refractivity (Wildman–Crippen MR) is 82.2 cm³/mol. The zero-order valence-corrected chi connectivity index (χ0v) is 13.1. The molecule has 106 valence electrons. The van der Waals surface area contributed by atoms with Crippen LogP contribution in [-0.2, 0) is 4.74 Å². The van der Waals surface area contributed by atoms with Crippen LogP contribution in [0.1, 0.15) is 15.9 Å². The Morgan fingerprint density at radius 1 is 1.24 bits per heavy atom. The van der Waals surface area contributed by atoms with E-state index < -0.39 is 0 Å². The van der Waals surface area contributed by atoms with Crippen LogP contribution in [-0.4, -0.2) is 27.7 Å². The highest BCUT2D eigenvalue weighted by molar-refractivity contribution is 9.10. The lowest BCUT2D eigenvalue weighted by atomic mass is 10.1. The zero-order chi connectivity index (χ0) is 15.0. The number of aromatic nitrogens is 3. The van der Waals surface area contributed by atoms with E-state index in [9.17, 15) is 4.79 Å². The van der Waals surface area contributed by atoms with Crippen molar-refractivity contribution in [2.24, 2.45) is 0 Å². The number of hydrogen-bond acceptors (Lipinski definition) is 4. The lowest BCUT2D eigenvalue weighted by Gasteiger charge is -2.04. The van der Waals surface area contributed by atoms with E-state index in [0.29, 0.717) is 17.0 Å². The van der Waals surface area contributed by atoms with Gasteiger partial charge in [0.25, 0.3) is 0 Å². The van der Waals surface area contributed by atoms with Gasteiger partial charge in [0, 0.05) is 16.2 Å². The molecule has 21 heavy (non-hydrogen) atoms. The summed E-state index contributed by atoms with van der Waals surface area (Å²) in [6, 6.07) is 9.37. The number of benzene rings is 1. The number of fused-ring (bicyclic) bond motifs is 1. The first-order valence-electron chi connectivity index (χ1n) is 6.30. The van der Waals surface area contributed by atoms with Gasteiger partial charge in [-0.15, -0.1) is 10.2 Å². The molecule has 0 spiro atoms. The van der Waals surface area contributed by atoms with Crippen LogP contribution in [0, 0.1) is 6.92 Å². The van der Waals surface area contributed by atoms with Crippen molar-refractivity contribution >= 4 is 27.5 Å². The Kier molecular flexibility index (Phi) is 3.47. The number of aryl methyl sites for hydroxylation is 1. The quantitative estimate of drug-likeness (QED) is 0.669. The molecule has 0 saturated heterocycles. The number of hydrogen-bond donors (Lipinski definition) is 0. The van der Waals surface area contributed by atoms with Crippen molar-refractivity contribution in [3.63, 3.8) is 0 Å². The lowest BCUT2D eigenvalue weighted by Crippen LogP contribution is -2.03. The number of rotatable bonds is 2. The molecular weight excluding hydrogens is 334 g/mol. The lowest BCUT2D eigenvalue weighted by molar-refractivity contribution is 0.0600. The van der Waals surface area contributed by atoms with Crippen molar-refractivity contribution in [2.75, 3.05) is 7.11 Å². The minimum Gasteiger partial charge on any atom is -0.465 e. The Hall–Kier alpha value is -2.21. The van der Waals surface area contributed by atoms with Crippen molar-refractivity contribution in [1.29, 1.82) is 0 Å². The largest absolute Gasteiger partial charge is 0.465 e. The molecule has 0 saturated carbocycles. The van der Waals surface area contributed by atoms with Crippen molar-refractivity contribution in [3.05, 3.63) is 52.1 Å². The molecule has 3 rings (SSSR count). The first-order chi connectivity index (χ1) is 10.1. The number of pyridine rings is 1. The third kappa shape index (κ3) is 2.42. The Morgan fingerprint density at radius 3 is 2.76 bits per heavy atom. The van der Waals surface area contributed by atoms with E-state index >= 15 is 0 Å². The van der Waals surface area contributed by atoms with Gasteiger partial charge >= 0.3 is 5.97 Å². The molecule has 0 fully saturated rings. The van der Waals surface area contributed by atoms with Crippen LogP contribution in [0.15, 0.2) is 41.0 Å². The third-order valence-corrected chi connectivity index (χ3v) is 4.11. The Labute approximate surface area is 129 Å². The second kappa shape index (κ2) is 5.29. The molecule has 0 unspecified atom stereocenters. The highest BCUT2D eigenvalue weighted by Crippen LogP contribution is 2.25. The van der Waals surface area contributed by atoms with Crippen LogP contribution in [0.2, 0.25) is 0 Å². The second-order valence-corrected chi connectivity index (χ2v) is 5.48. The number of ether oxygens (including phenoxy) is 1. The monoisotopic (exact) mass is 345 g/mol. The van der Waals surface area contributed by atoms with E-state index in [0.717, 1.165) is 15.6 Å². The van der Waals surface area contributed by atoms with Crippen molar-refractivity contribution in [2.45, 2.75) is 6.92 Å². The Balaban J connectivity index is 2.18. The summed E-state index contributed by atoms with van der Waals surface area (Å²) < 4.78 is 7.52. The topological polar surface area (TPSA) is 56.5 Å².